The average molecular weight is 291 g/mol. The van der Waals surface area contributed by atoms with Crippen molar-refractivity contribution in [3.8, 4) is 0 Å². The number of rotatable bonds is 6. The number of benzene rings is 1. The molecular weight excluding hydrogens is 266 g/mol. The zero-order chi connectivity index (χ0) is 15.2. The SMILES string of the molecule is CC(C)CC1OCCCC1NCc1ccc(C(=O)O)cc1. The predicted octanol–water partition coefficient (Wildman–Crippen LogP) is 3.07. The molecule has 0 aliphatic carbocycles. The van der Waals surface area contributed by atoms with Gasteiger partial charge in [0.25, 0.3) is 0 Å². The second-order valence-electron chi connectivity index (χ2n) is 6.17. The van der Waals surface area contributed by atoms with Gasteiger partial charge in [0.2, 0.25) is 0 Å². The van der Waals surface area contributed by atoms with Gasteiger partial charge in [-0.25, -0.2) is 4.79 Å². The van der Waals surface area contributed by atoms with E-state index < -0.39 is 5.97 Å². The van der Waals surface area contributed by atoms with E-state index in [0.29, 0.717) is 17.5 Å². The van der Waals surface area contributed by atoms with E-state index in [9.17, 15) is 4.79 Å². The second-order valence-corrected chi connectivity index (χ2v) is 6.17. The van der Waals surface area contributed by atoms with Gasteiger partial charge in [0.15, 0.2) is 0 Å². The first kappa shape index (κ1) is 16.0. The molecule has 0 radical (unpaired) electrons. The van der Waals surface area contributed by atoms with E-state index in [4.69, 9.17) is 9.84 Å². The van der Waals surface area contributed by atoms with Crippen LogP contribution in [0.4, 0.5) is 0 Å². The molecular formula is C17H25NO3. The van der Waals surface area contributed by atoms with Gasteiger partial charge in [-0.1, -0.05) is 26.0 Å². The highest BCUT2D eigenvalue weighted by Gasteiger charge is 2.26. The summed E-state index contributed by atoms with van der Waals surface area (Å²) in [5, 5.41) is 12.5. The molecule has 1 aliphatic heterocycles. The molecule has 2 atom stereocenters. The lowest BCUT2D eigenvalue weighted by atomic mass is 9.94. The van der Waals surface area contributed by atoms with Crippen LogP contribution in [-0.4, -0.2) is 29.8 Å². The van der Waals surface area contributed by atoms with Crippen LogP contribution in [0.2, 0.25) is 0 Å². The summed E-state index contributed by atoms with van der Waals surface area (Å²) in [5.41, 5.74) is 1.44. The number of hydrogen-bond donors (Lipinski definition) is 2. The van der Waals surface area contributed by atoms with Gasteiger partial charge in [0, 0.05) is 19.2 Å². The average Bonchev–Trinajstić information content (AvgIpc) is 2.46. The fraction of sp³-hybridized carbons (Fsp3) is 0.588. The molecule has 116 valence electrons. The van der Waals surface area contributed by atoms with Gasteiger partial charge in [-0.05, 0) is 42.9 Å². The van der Waals surface area contributed by atoms with Crippen molar-refractivity contribution in [2.75, 3.05) is 6.61 Å². The normalized spacial score (nSPS) is 22.4. The molecule has 4 heteroatoms. The van der Waals surface area contributed by atoms with E-state index in [1.807, 2.05) is 12.1 Å². The van der Waals surface area contributed by atoms with Crippen LogP contribution in [-0.2, 0) is 11.3 Å². The molecule has 2 N–H and O–H groups in total. The van der Waals surface area contributed by atoms with Crippen LogP contribution in [0.25, 0.3) is 0 Å². The fourth-order valence-electron chi connectivity index (χ4n) is 2.78. The van der Waals surface area contributed by atoms with Crippen molar-refractivity contribution in [2.24, 2.45) is 5.92 Å². The lowest BCUT2D eigenvalue weighted by Gasteiger charge is -2.33. The third-order valence-corrected chi connectivity index (χ3v) is 3.91. The predicted molar refractivity (Wildman–Crippen MR) is 82.5 cm³/mol. The van der Waals surface area contributed by atoms with Crippen LogP contribution in [0.3, 0.4) is 0 Å². The van der Waals surface area contributed by atoms with Gasteiger partial charge < -0.3 is 15.2 Å². The summed E-state index contributed by atoms with van der Waals surface area (Å²) < 4.78 is 5.90. The van der Waals surface area contributed by atoms with Crippen molar-refractivity contribution in [1.29, 1.82) is 0 Å². The quantitative estimate of drug-likeness (QED) is 0.845. The third-order valence-electron chi connectivity index (χ3n) is 3.91. The summed E-state index contributed by atoms with van der Waals surface area (Å²) in [5.74, 6) is -0.251. The summed E-state index contributed by atoms with van der Waals surface area (Å²) in [6, 6.07) is 7.44. The first-order valence-electron chi connectivity index (χ1n) is 7.73. The van der Waals surface area contributed by atoms with E-state index in [0.717, 1.165) is 38.0 Å². The van der Waals surface area contributed by atoms with Crippen molar-refractivity contribution < 1.29 is 14.6 Å². The largest absolute Gasteiger partial charge is 0.478 e. The van der Waals surface area contributed by atoms with Crippen LogP contribution < -0.4 is 5.32 Å². The molecule has 1 aliphatic rings. The molecule has 4 nitrogen and oxygen atoms in total. The topological polar surface area (TPSA) is 58.6 Å². The van der Waals surface area contributed by atoms with Crippen LogP contribution in [0.15, 0.2) is 24.3 Å². The summed E-state index contributed by atoms with van der Waals surface area (Å²) >= 11 is 0. The minimum atomic E-state index is -0.882. The highest BCUT2D eigenvalue weighted by Crippen LogP contribution is 2.20. The Bertz CT molecular complexity index is 456. The van der Waals surface area contributed by atoms with Crippen LogP contribution in [0.1, 0.15) is 49.0 Å². The molecule has 0 bridgehead atoms. The maximum absolute atomic E-state index is 10.8. The molecule has 1 heterocycles. The highest BCUT2D eigenvalue weighted by atomic mass is 16.5. The van der Waals surface area contributed by atoms with Crippen molar-refractivity contribution in [1.82, 2.24) is 5.32 Å². The van der Waals surface area contributed by atoms with E-state index in [2.05, 4.69) is 19.2 Å². The van der Waals surface area contributed by atoms with E-state index in [1.165, 1.54) is 0 Å². The molecule has 0 amide bonds. The molecule has 1 saturated heterocycles. The smallest absolute Gasteiger partial charge is 0.335 e. The maximum Gasteiger partial charge on any atom is 0.335 e. The fourth-order valence-corrected chi connectivity index (χ4v) is 2.78. The molecule has 1 fully saturated rings. The molecule has 1 aromatic rings. The number of hydrogen-bond acceptors (Lipinski definition) is 3. The van der Waals surface area contributed by atoms with Crippen molar-refractivity contribution >= 4 is 5.97 Å². The van der Waals surface area contributed by atoms with Crippen LogP contribution in [0, 0.1) is 5.92 Å². The number of ether oxygens (including phenoxy) is 1. The van der Waals surface area contributed by atoms with E-state index >= 15 is 0 Å². The molecule has 1 aromatic carbocycles. The molecule has 0 aromatic heterocycles. The van der Waals surface area contributed by atoms with Gasteiger partial charge in [-0.3, -0.25) is 0 Å². The van der Waals surface area contributed by atoms with E-state index in [1.54, 1.807) is 12.1 Å². The highest BCUT2D eigenvalue weighted by molar-refractivity contribution is 5.87. The molecule has 21 heavy (non-hydrogen) atoms. The summed E-state index contributed by atoms with van der Waals surface area (Å²) in [6.45, 7) is 6.06. The number of aromatic carboxylic acids is 1. The minimum absolute atomic E-state index is 0.289. The zero-order valence-electron chi connectivity index (χ0n) is 12.8. The number of nitrogens with one attached hydrogen (secondary N) is 1. The molecule has 0 spiro atoms. The Morgan fingerprint density at radius 2 is 2.10 bits per heavy atom. The second kappa shape index (κ2) is 7.57. The number of carboxylic acid groups (broad SMARTS) is 1. The Hall–Kier alpha value is -1.39. The monoisotopic (exact) mass is 291 g/mol. The van der Waals surface area contributed by atoms with Gasteiger partial charge in [0.05, 0.1) is 11.7 Å². The number of carboxylic acids is 1. The summed E-state index contributed by atoms with van der Waals surface area (Å²) in [7, 11) is 0. The lowest BCUT2D eigenvalue weighted by Crippen LogP contribution is -2.44. The summed E-state index contributed by atoms with van der Waals surface area (Å²) in [6.07, 6.45) is 3.61. The Balaban J connectivity index is 1.89. The van der Waals surface area contributed by atoms with Crippen LogP contribution in [0.5, 0.6) is 0 Å². The summed E-state index contributed by atoms with van der Waals surface area (Å²) in [4.78, 5) is 10.8. The Morgan fingerprint density at radius 1 is 1.38 bits per heavy atom. The molecule has 2 unspecified atom stereocenters. The Kier molecular flexibility index (Phi) is 5.76. The minimum Gasteiger partial charge on any atom is -0.478 e. The van der Waals surface area contributed by atoms with Gasteiger partial charge in [0.1, 0.15) is 0 Å². The first-order valence-corrected chi connectivity index (χ1v) is 7.73. The van der Waals surface area contributed by atoms with E-state index in [-0.39, 0.29) is 6.10 Å². The first-order chi connectivity index (χ1) is 10.1. The van der Waals surface area contributed by atoms with Crippen molar-refractivity contribution in [2.45, 2.75) is 51.8 Å². The van der Waals surface area contributed by atoms with Crippen molar-refractivity contribution in [3.63, 3.8) is 0 Å². The Morgan fingerprint density at radius 3 is 2.71 bits per heavy atom. The van der Waals surface area contributed by atoms with Gasteiger partial charge in [-0.15, -0.1) is 0 Å². The van der Waals surface area contributed by atoms with Crippen molar-refractivity contribution in [3.05, 3.63) is 35.4 Å². The molecule has 0 saturated carbocycles. The van der Waals surface area contributed by atoms with Crippen LogP contribution >= 0.6 is 0 Å². The lowest BCUT2D eigenvalue weighted by molar-refractivity contribution is -0.0204. The zero-order valence-corrected chi connectivity index (χ0v) is 12.8. The van der Waals surface area contributed by atoms with Gasteiger partial charge >= 0.3 is 5.97 Å². The van der Waals surface area contributed by atoms with Gasteiger partial charge in [-0.2, -0.15) is 0 Å². The standard InChI is InChI=1S/C17H25NO3/c1-12(2)10-16-15(4-3-9-21-16)18-11-13-5-7-14(8-6-13)17(19)20/h5-8,12,15-16,18H,3-4,9-11H2,1-2H3,(H,19,20). The molecule has 2 rings (SSSR count). The number of carbonyl (C=O) groups is 1. The maximum atomic E-state index is 10.8. The Labute approximate surface area is 126 Å². The third kappa shape index (κ3) is 4.83.